The lowest BCUT2D eigenvalue weighted by Gasteiger charge is -2.44. The molecule has 3 fully saturated rings. The Balaban J connectivity index is 1.70. The van der Waals surface area contributed by atoms with Crippen LogP contribution in [0.25, 0.3) is 0 Å². The minimum atomic E-state index is -0.615. The SMILES string of the molecule is C=C1C(=CC=C2CCCC3(C)C2CC[C@@H]3[C@H](C)CCCC(C)(C)O)C[C@@H](O)C[C@@H]1O. The molecule has 0 aromatic rings. The fourth-order valence-electron chi connectivity index (χ4n) is 6.74. The molecule has 0 spiro atoms. The Kier molecular flexibility index (Phi) is 7.37. The molecule has 0 saturated heterocycles. The highest BCUT2D eigenvalue weighted by atomic mass is 16.3. The van der Waals surface area contributed by atoms with E-state index in [-0.39, 0.29) is 0 Å². The third-order valence-corrected chi connectivity index (χ3v) is 8.44. The van der Waals surface area contributed by atoms with Crippen molar-refractivity contribution in [3.63, 3.8) is 0 Å². The predicted molar refractivity (Wildman–Crippen MR) is 124 cm³/mol. The van der Waals surface area contributed by atoms with Crippen LogP contribution in [-0.2, 0) is 0 Å². The molecule has 3 N–H and O–H groups in total. The Morgan fingerprint density at radius 1 is 1.23 bits per heavy atom. The molecule has 0 heterocycles. The highest BCUT2D eigenvalue weighted by molar-refractivity contribution is 5.38. The maximum Gasteiger partial charge on any atom is 0.0811 e. The van der Waals surface area contributed by atoms with Gasteiger partial charge >= 0.3 is 0 Å². The van der Waals surface area contributed by atoms with Crippen LogP contribution < -0.4 is 0 Å². The summed E-state index contributed by atoms with van der Waals surface area (Å²) >= 11 is 0. The van der Waals surface area contributed by atoms with Crippen molar-refractivity contribution >= 4 is 0 Å². The van der Waals surface area contributed by atoms with Gasteiger partial charge in [-0.2, -0.15) is 0 Å². The lowest BCUT2D eigenvalue weighted by Crippen LogP contribution is -2.36. The van der Waals surface area contributed by atoms with E-state index in [1.54, 1.807) is 5.57 Å². The van der Waals surface area contributed by atoms with Crippen LogP contribution in [0.2, 0.25) is 0 Å². The van der Waals surface area contributed by atoms with E-state index in [0.29, 0.717) is 30.1 Å². The summed E-state index contributed by atoms with van der Waals surface area (Å²) in [5.74, 6) is 2.11. The van der Waals surface area contributed by atoms with Crippen molar-refractivity contribution in [2.45, 2.75) is 110 Å². The zero-order valence-corrected chi connectivity index (χ0v) is 19.7. The second-order valence-corrected chi connectivity index (χ2v) is 11.3. The average molecular weight is 417 g/mol. The van der Waals surface area contributed by atoms with Gasteiger partial charge in [-0.1, -0.05) is 51.0 Å². The van der Waals surface area contributed by atoms with E-state index >= 15 is 0 Å². The average Bonchev–Trinajstić information content (AvgIpc) is 3.00. The number of hydrogen-bond donors (Lipinski definition) is 3. The molecule has 3 aliphatic rings. The molecule has 0 bridgehead atoms. The van der Waals surface area contributed by atoms with Crippen molar-refractivity contribution in [3.05, 3.63) is 35.5 Å². The number of fused-ring (bicyclic) bond motifs is 1. The zero-order chi connectivity index (χ0) is 22.1. The highest BCUT2D eigenvalue weighted by Crippen LogP contribution is 2.60. The van der Waals surface area contributed by atoms with Gasteiger partial charge in [0.25, 0.3) is 0 Å². The molecule has 3 heteroatoms. The van der Waals surface area contributed by atoms with Crippen molar-refractivity contribution in [2.24, 2.45) is 23.2 Å². The van der Waals surface area contributed by atoms with Crippen LogP contribution >= 0.6 is 0 Å². The highest BCUT2D eigenvalue weighted by Gasteiger charge is 2.50. The smallest absolute Gasteiger partial charge is 0.0811 e. The van der Waals surface area contributed by atoms with E-state index in [1.165, 1.54) is 38.5 Å². The molecule has 3 rings (SSSR count). The van der Waals surface area contributed by atoms with Gasteiger partial charge in [-0.25, -0.2) is 0 Å². The van der Waals surface area contributed by atoms with Gasteiger partial charge in [0.2, 0.25) is 0 Å². The fourth-order valence-corrected chi connectivity index (χ4v) is 6.74. The normalized spacial score (nSPS) is 38.8. The van der Waals surface area contributed by atoms with E-state index in [2.05, 4.69) is 32.6 Å². The zero-order valence-electron chi connectivity index (χ0n) is 19.7. The van der Waals surface area contributed by atoms with Gasteiger partial charge in [0.1, 0.15) is 0 Å². The van der Waals surface area contributed by atoms with Gasteiger partial charge in [-0.15, -0.1) is 0 Å². The first-order chi connectivity index (χ1) is 14.0. The van der Waals surface area contributed by atoms with Crippen molar-refractivity contribution in [1.82, 2.24) is 0 Å². The molecular weight excluding hydrogens is 372 g/mol. The number of allylic oxidation sites excluding steroid dienone is 3. The molecule has 170 valence electrons. The van der Waals surface area contributed by atoms with Crippen molar-refractivity contribution < 1.29 is 15.3 Å². The van der Waals surface area contributed by atoms with Crippen molar-refractivity contribution in [1.29, 1.82) is 0 Å². The van der Waals surface area contributed by atoms with Crippen LogP contribution in [-0.4, -0.2) is 33.1 Å². The Bertz CT molecular complexity index is 683. The molecular formula is C27H44O3. The summed E-state index contributed by atoms with van der Waals surface area (Å²) in [5.41, 5.74) is 3.17. The summed E-state index contributed by atoms with van der Waals surface area (Å²) in [7, 11) is 0. The van der Waals surface area contributed by atoms with Gasteiger partial charge in [0, 0.05) is 6.42 Å². The molecule has 0 radical (unpaired) electrons. The van der Waals surface area contributed by atoms with E-state index in [0.717, 1.165) is 29.9 Å². The molecule has 2 unspecified atom stereocenters. The lowest BCUT2D eigenvalue weighted by molar-refractivity contribution is 0.0596. The van der Waals surface area contributed by atoms with E-state index in [9.17, 15) is 15.3 Å². The van der Waals surface area contributed by atoms with Gasteiger partial charge < -0.3 is 15.3 Å². The monoisotopic (exact) mass is 416 g/mol. The minimum Gasteiger partial charge on any atom is -0.393 e. The first-order valence-corrected chi connectivity index (χ1v) is 12.2. The molecule has 3 saturated carbocycles. The maximum atomic E-state index is 10.1. The van der Waals surface area contributed by atoms with Crippen LogP contribution in [0.15, 0.2) is 35.5 Å². The Morgan fingerprint density at radius 3 is 2.67 bits per heavy atom. The summed E-state index contributed by atoms with van der Waals surface area (Å²) in [4.78, 5) is 0. The van der Waals surface area contributed by atoms with Crippen LogP contribution in [0, 0.1) is 23.2 Å². The second-order valence-electron chi connectivity index (χ2n) is 11.3. The van der Waals surface area contributed by atoms with Gasteiger partial charge in [0.05, 0.1) is 17.8 Å². The van der Waals surface area contributed by atoms with Crippen LogP contribution in [0.5, 0.6) is 0 Å². The molecule has 0 aliphatic heterocycles. The second kappa shape index (κ2) is 9.30. The first kappa shape index (κ1) is 23.8. The predicted octanol–water partition coefficient (Wildman–Crippen LogP) is 5.70. The maximum absolute atomic E-state index is 10.1. The van der Waals surface area contributed by atoms with Gasteiger partial charge in [-0.3, -0.25) is 0 Å². The minimum absolute atomic E-state index is 0.374. The third kappa shape index (κ3) is 5.29. The fraction of sp³-hybridized carbons (Fsp3) is 0.778. The van der Waals surface area contributed by atoms with Crippen molar-refractivity contribution in [3.8, 4) is 0 Å². The summed E-state index contributed by atoms with van der Waals surface area (Å²) in [6.45, 7) is 12.8. The van der Waals surface area contributed by atoms with Gasteiger partial charge in [-0.05, 0) is 93.1 Å². The molecule has 3 aliphatic carbocycles. The Morgan fingerprint density at radius 2 is 1.97 bits per heavy atom. The molecule has 30 heavy (non-hydrogen) atoms. The molecule has 0 aromatic heterocycles. The Hall–Kier alpha value is -0.900. The van der Waals surface area contributed by atoms with Crippen LogP contribution in [0.1, 0.15) is 91.9 Å². The number of rotatable bonds is 6. The summed E-state index contributed by atoms with van der Waals surface area (Å²) in [5, 5.41) is 30.2. The number of hydrogen-bond acceptors (Lipinski definition) is 3. The molecule has 6 atom stereocenters. The lowest BCUT2D eigenvalue weighted by atomic mass is 9.60. The van der Waals surface area contributed by atoms with E-state index < -0.39 is 17.8 Å². The van der Waals surface area contributed by atoms with E-state index in [4.69, 9.17) is 0 Å². The number of aliphatic hydroxyl groups is 3. The van der Waals surface area contributed by atoms with Gasteiger partial charge in [0.15, 0.2) is 0 Å². The number of aliphatic hydroxyl groups excluding tert-OH is 2. The molecule has 0 aromatic carbocycles. The largest absolute Gasteiger partial charge is 0.393 e. The van der Waals surface area contributed by atoms with Crippen molar-refractivity contribution in [2.75, 3.05) is 0 Å². The Labute approximate surface area is 184 Å². The standard InChI is InChI=1S/C27H44O3/c1-18(8-6-14-26(3,4)30)23-12-13-24-20(9-7-15-27(23,24)5)10-11-21-16-22(28)17-25(29)19(21)2/h10-11,18,22-25,28-30H,2,6-9,12-17H2,1,3-5H3/t18-,22-,23-,24?,25+,27?/m1/s1. The first-order valence-electron chi connectivity index (χ1n) is 12.2. The molecule has 3 nitrogen and oxygen atoms in total. The summed E-state index contributed by atoms with van der Waals surface area (Å²) in [6, 6.07) is 0. The van der Waals surface area contributed by atoms with Crippen LogP contribution in [0.3, 0.4) is 0 Å². The topological polar surface area (TPSA) is 60.7 Å². The quantitative estimate of drug-likeness (QED) is 0.520. The third-order valence-electron chi connectivity index (χ3n) is 8.44. The van der Waals surface area contributed by atoms with Crippen LogP contribution in [0.4, 0.5) is 0 Å². The van der Waals surface area contributed by atoms with E-state index in [1.807, 2.05) is 13.8 Å². The molecule has 0 amide bonds. The summed E-state index contributed by atoms with van der Waals surface area (Å²) < 4.78 is 0. The summed E-state index contributed by atoms with van der Waals surface area (Å²) in [6.07, 6.45) is 13.9.